The van der Waals surface area contributed by atoms with Crippen LogP contribution >= 0.6 is 11.6 Å². The monoisotopic (exact) mass is 151 g/mol. The first-order valence-electron chi connectivity index (χ1n) is 2.89. The molecule has 3 N–H and O–H groups in total. The van der Waals surface area contributed by atoms with Crippen molar-refractivity contribution in [2.45, 2.75) is 24.1 Å². The molecule has 0 saturated carbocycles. The number of halogens is 1. The van der Waals surface area contributed by atoms with E-state index in [2.05, 4.69) is 0 Å². The average Bonchev–Trinajstić information content (AvgIpc) is 1.78. The Kier molecular flexibility index (Phi) is 1.96. The molecule has 0 spiro atoms. The molecule has 1 fully saturated rings. The predicted molar refractivity (Wildman–Crippen MR) is 34.0 cm³/mol. The van der Waals surface area contributed by atoms with Gasteiger partial charge in [-0.1, -0.05) is 0 Å². The van der Waals surface area contributed by atoms with Crippen LogP contribution in [0.15, 0.2) is 0 Å². The summed E-state index contributed by atoms with van der Waals surface area (Å²) in [6.07, 6.45) is 1.13. The normalized spacial score (nSPS) is 45.0. The quantitative estimate of drug-likeness (QED) is 0.379. The zero-order chi connectivity index (χ0) is 6.91. The van der Waals surface area contributed by atoms with Crippen LogP contribution < -0.4 is 5.73 Å². The Morgan fingerprint density at radius 1 is 1.78 bits per heavy atom. The summed E-state index contributed by atoms with van der Waals surface area (Å²) in [4.78, 5) is 0. The van der Waals surface area contributed by atoms with Gasteiger partial charge in [0.2, 0.25) is 5.91 Å². The van der Waals surface area contributed by atoms with E-state index in [1.54, 1.807) is 0 Å². The van der Waals surface area contributed by atoms with Crippen LogP contribution in [0.4, 0.5) is 0 Å². The van der Waals surface area contributed by atoms with Crippen LogP contribution in [-0.4, -0.2) is 23.0 Å². The molecule has 4 heteroatoms. The van der Waals surface area contributed by atoms with E-state index in [4.69, 9.17) is 27.2 Å². The van der Waals surface area contributed by atoms with Gasteiger partial charge in [-0.2, -0.15) is 0 Å². The highest BCUT2D eigenvalue weighted by Gasteiger charge is 2.28. The van der Waals surface area contributed by atoms with Crippen LogP contribution in [0, 0.1) is 0 Å². The van der Waals surface area contributed by atoms with Gasteiger partial charge < -0.3 is 9.84 Å². The van der Waals surface area contributed by atoms with Gasteiger partial charge in [-0.25, -0.2) is 0 Å². The second kappa shape index (κ2) is 2.42. The molecule has 0 aromatic rings. The summed E-state index contributed by atoms with van der Waals surface area (Å²) in [7, 11) is 0. The Morgan fingerprint density at radius 2 is 2.44 bits per heavy atom. The minimum Gasteiger partial charge on any atom is -0.353 e. The van der Waals surface area contributed by atoms with Crippen LogP contribution in [0.25, 0.3) is 0 Å². The smallest absolute Gasteiger partial charge is 0.222 e. The fourth-order valence-electron chi connectivity index (χ4n) is 0.754. The molecule has 0 aromatic heterocycles. The van der Waals surface area contributed by atoms with Crippen LogP contribution in [0.3, 0.4) is 0 Å². The number of hydrogen-bond acceptors (Lipinski definition) is 3. The van der Waals surface area contributed by atoms with Crippen molar-refractivity contribution in [3.05, 3.63) is 0 Å². The first-order valence-corrected chi connectivity index (χ1v) is 3.33. The minimum atomic E-state index is -1.43. The lowest BCUT2D eigenvalue weighted by Crippen LogP contribution is -2.47. The van der Waals surface area contributed by atoms with E-state index in [-0.39, 0.29) is 5.38 Å². The Hall–Kier alpha value is 0.170. The van der Waals surface area contributed by atoms with Crippen LogP contribution in [-0.2, 0) is 4.74 Å². The SMILES string of the molecule is NC1(O)CCC(Cl)CO1. The third-order valence-electron chi connectivity index (χ3n) is 1.33. The maximum atomic E-state index is 8.99. The van der Waals surface area contributed by atoms with E-state index < -0.39 is 5.91 Å². The van der Waals surface area contributed by atoms with E-state index >= 15 is 0 Å². The standard InChI is InChI=1S/C5H10ClNO2/c6-4-1-2-5(7,8)9-3-4/h4,8H,1-3,7H2. The van der Waals surface area contributed by atoms with Gasteiger partial charge in [0, 0.05) is 6.42 Å². The number of aliphatic hydroxyl groups is 1. The lowest BCUT2D eigenvalue weighted by atomic mass is 10.1. The highest BCUT2D eigenvalue weighted by molar-refractivity contribution is 6.20. The summed E-state index contributed by atoms with van der Waals surface area (Å²) < 4.78 is 4.78. The highest BCUT2D eigenvalue weighted by Crippen LogP contribution is 2.20. The van der Waals surface area contributed by atoms with Crippen LogP contribution in [0.5, 0.6) is 0 Å². The van der Waals surface area contributed by atoms with E-state index in [0.717, 1.165) is 0 Å². The maximum absolute atomic E-state index is 8.99. The average molecular weight is 152 g/mol. The number of nitrogens with two attached hydrogens (primary N) is 1. The van der Waals surface area contributed by atoms with Gasteiger partial charge in [0.05, 0.1) is 12.0 Å². The van der Waals surface area contributed by atoms with Crippen molar-refractivity contribution in [1.29, 1.82) is 0 Å². The van der Waals surface area contributed by atoms with Crippen molar-refractivity contribution in [2.75, 3.05) is 6.61 Å². The molecule has 1 saturated heterocycles. The number of ether oxygens (including phenoxy) is 1. The first kappa shape index (κ1) is 7.28. The van der Waals surface area contributed by atoms with E-state index in [1.807, 2.05) is 0 Å². The van der Waals surface area contributed by atoms with Gasteiger partial charge in [0.15, 0.2) is 0 Å². The van der Waals surface area contributed by atoms with Crippen molar-refractivity contribution in [3.8, 4) is 0 Å². The van der Waals surface area contributed by atoms with Gasteiger partial charge >= 0.3 is 0 Å². The second-order valence-electron chi connectivity index (χ2n) is 2.29. The van der Waals surface area contributed by atoms with Crippen LogP contribution in [0.2, 0.25) is 0 Å². The Morgan fingerprint density at radius 3 is 2.78 bits per heavy atom. The van der Waals surface area contributed by atoms with E-state index in [1.165, 1.54) is 0 Å². The zero-order valence-electron chi connectivity index (χ0n) is 5.01. The second-order valence-corrected chi connectivity index (χ2v) is 2.91. The zero-order valence-corrected chi connectivity index (χ0v) is 5.77. The third kappa shape index (κ3) is 2.10. The van der Waals surface area contributed by atoms with Gasteiger partial charge in [0.1, 0.15) is 0 Å². The molecule has 1 aliphatic heterocycles. The summed E-state index contributed by atoms with van der Waals surface area (Å²) in [5.74, 6) is -1.43. The largest absolute Gasteiger partial charge is 0.353 e. The number of alkyl halides is 1. The summed E-state index contributed by atoms with van der Waals surface area (Å²) in [5, 5.41) is 9.00. The maximum Gasteiger partial charge on any atom is 0.222 e. The molecule has 3 nitrogen and oxygen atoms in total. The fraction of sp³-hybridized carbons (Fsp3) is 1.00. The molecule has 9 heavy (non-hydrogen) atoms. The van der Waals surface area contributed by atoms with Crippen molar-refractivity contribution in [1.82, 2.24) is 0 Å². The Bertz CT molecular complexity index is 97.1. The molecule has 2 atom stereocenters. The van der Waals surface area contributed by atoms with Gasteiger partial charge in [-0.15, -0.1) is 11.6 Å². The van der Waals surface area contributed by atoms with Gasteiger partial charge in [-0.05, 0) is 6.42 Å². The highest BCUT2D eigenvalue weighted by atomic mass is 35.5. The summed E-state index contributed by atoms with van der Waals surface area (Å²) in [6.45, 7) is 0.342. The van der Waals surface area contributed by atoms with Gasteiger partial charge in [0.25, 0.3) is 0 Å². The molecule has 2 unspecified atom stereocenters. The molecular weight excluding hydrogens is 142 g/mol. The molecule has 0 aliphatic carbocycles. The third-order valence-corrected chi connectivity index (χ3v) is 1.67. The summed E-state index contributed by atoms with van der Waals surface area (Å²) in [5.41, 5.74) is 5.21. The lowest BCUT2D eigenvalue weighted by Gasteiger charge is -2.29. The lowest BCUT2D eigenvalue weighted by molar-refractivity contribution is -0.218. The molecule has 54 valence electrons. The van der Waals surface area contributed by atoms with E-state index in [9.17, 15) is 0 Å². The molecule has 0 radical (unpaired) electrons. The van der Waals surface area contributed by atoms with Crippen LogP contribution in [0.1, 0.15) is 12.8 Å². The summed E-state index contributed by atoms with van der Waals surface area (Å²) >= 11 is 5.65. The number of hydrogen-bond donors (Lipinski definition) is 2. The molecular formula is C5H10ClNO2. The van der Waals surface area contributed by atoms with E-state index in [0.29, 0.717) is 19.4 Å². The van der Waals surface area contributed by atoms with Crippen molar-refractivity contribution < 1.29 is 9.84 Å². The summed E-state index contributed by atoms with van der Waals surface area (Å²) in [6, 6.07) is 0. The fourth-order valence-corrected chi connectivity index (χ4v) is 0.926. The van der Waals surface area contributed by atoms with Crippen molar-refractivity contribution >= 4 is 11.6 Å². The minimum absolute atomic E-state index is 0.00817. The Labute approximate surface area is 58.7 Å². The topological polar surface area (TPSA) is 55.5 Å². The molecule has 0 aromatic carbocycles. The molecule has 0 bridgehead atoms. The predicted octanol–water partition coefficient (Wildman–Crippen LogP) is 0.00900. The molecule has 1 rings (SSSR count). The van der Waals surface area contributed by atoms with Crippen molar-refractivity contribution in [3.63, 3.8) is 0 Å². The molecule has 1 heterocycles. The van der Waals surface area contributed by atoms with Crippen molar-refractivity contribution in [2.24, 2.45) is 5.73 Å². The number of rotatable bonds is 0. The first-order chi connectivity index (χ1) is 4.10. The van der Waals surface area contributed by atoms with Gasteiger partial charge in [-0.3, -0.25) is 5.73 Å². The Balaban J connectivity index is 2.35. The molecule has 0 amide bonds. The molecule has 1 aliphatic rings.